The van der Waals surface area contributed by atoms with Crippen LogP contribution in [0.15, 0.2) is 53.8 Å². The Hall–Kier alpha value is -3.19. The lowest BCUT2D eigenvalue weighted by atomic mass is 10.0. The number of hydrogen-bond acceptors (Lipinski definition) is 8. The predicted octanol–water partition coefficient (Wildman–Crippen LogP) is 3.26. The topological polar surface area (TPSA) is 160 Å². The highest BCUT2D eigenvalue weighted by atomic mass is 33.1. The molecule has 6 N–H and O–H groups in total. The summed E-state index contributed by atoms with van der Waals surface area (Å²) in [7, 11) is 4.04. The number of carbonyl (C=O) groups is 2. The summed E-state index contributed by atoms with van der Waals surface area (Å²) in [5.41, 5.74) is 8.52. The molecular formula is C28H42N8O3S2. The molecular weight excluding hydrogens is 560 g/mol. The van der Waals surface area contributed by atoms with E-state index in [1.165, 1.54) is 36.1 Å². The third kappa shape index (κ3) is 13.3. The monoisotopic (exact) mass is 602 g/mol. The molecule has 0 radical (unpaired) electrons. The lowest BCUT2D eigenvalue weighted by molar-refractivity contribution is -0.137. The second-order valence-electron chi connectivity index (χ2n) is 9.94. The maximum atomic E-state index is 12.5. The third-order valence-corrected chi connectivity index (χ3v) is 9.48. The lowest BCUT2D eigenvalue weighted by Gasteiger charge is -2.17. The Morgan fingerprint density at radius 1 is 1.20 bits per heavy atom. The molecule has 1 fully saturated rings. The van der Waals surface area contributed by atoms with Crippen LogP contribution in [0.5, 0.6) is 0 Å². The molecule has 0 spiro atoms. The van der Waals surface area contributed by atoms with Gasteiger partial charge in [0, 0.05) is 42.5 Å². The van der Waals surface area contributed by atoms with Gasteiger partial charge in [-0.05, 0) is 44.1 Å². The Labute approximate surface area is 250 Å². The summed E-state index contributed by atoms with van der Waals surface area (Å²) in [6.45, 7) is 6.01. The molecule has 1 aliphatic rings. The first-order valence-corrected chi connectivity index (χ1v) is 16.5. The number of guanidine groups is 1. The van der Waals surface area contributed by atoms with Crippen LogP contribution in [0.2, 0.25) is 0 Å². The average Bonchev–Trinajstić information content (AvgIpc) is 3.64. The number of nitrogens with zero attached hydrogens (tertiary/aromatic N) is 4. The minimum Gasteiger partial charge on any atom is -0.481 e. The summed E-state index contributed by atoms with van der Waals surface area (Å²) < 4.78 is 1.45. The van der Waals surface area contributed by atoms with E-state index in [4.69, 9.17) is 5.73 Å². The summed E-state index contributed by atoms with van der Waals surface area (Å²) in [5.74, 6) is 0.371. The quantitative estimate of drug-likeness (QED) is 0.0699. The molecule has 1 saturated heterocycles. The SMILES string of the molecule is C=C(CCCCC1CCSS1)NCCNC(N)=NCCCc1cn(CC(=O)N[C@@H](CC(=O)O)c2ccccc2)nn1. The van der Waals surface area contributed by atoms with E-state index in [1.807, 2.05) is 39.8 Å². The molecule has 11 nitrogen and oxygen atoms in total. The maximum absolute atomic E-state index is 12.5. The zero-order valence-electron chi connectivity index (χ0n) is 23.5. The van der Waals surface area contributed by atoms with Crippen molar-refractivity contribution in [1.29, 1.82) is 0 Å². The minimum absolute atomic E-state index is 0.0513. The lowest BCUT2D eigenvalue weighted by Crippen LogP contribution is -2.36. The Balaban J connectivity index is 1.25. The summed E-state index contributed by atoms with van der Waals surface area (Å²) in [5, 5.41) is 27.4. The van der Waals surface area contributed by atoms with E-state index in [9.17, 15) is 14.7 Å². The highest BCUT2D eigenvalue weighted by Gasteiger charge is 2.18. The number of aryl methyl sites for hydroxylation is 1. The van der Waals surface area contributed by atoms with Gasteiger partial charge >= 0.3 is 5.97 Å². The van der Waals surface area contributed by atoms with Crippen LogP contribution in [0.3, 0.4) is 0 Å². The normalized spacial score (nSPS) is 15.8. The van der Waals surface area contributed by atoms with Gasteiger partial charge in [0.05, 0.1) is 18.2 Å². The van der Waals surface area contributed by atoms with Gasteiger partial charge in [-0.3, -0.25) is 14.6 Å². The van der Waals surface area contributed by atoms with Crippen molar-refractivity contribution in [1.82, 2.24) is 30.9 Å². The second-order valence-corrected chi connectivity index (χ2v) is 12.7. The summed E-state index contributed by atoms with van der Waals surface area (Å²) in [6.07, 6.45) is 8.97. The Bertz CT molecular complexity index is 1120. The number of rotatable bonds is 19. The van der Waals surface area contributed by atoms with Crippen molar-refractivity contribution < 1.29 is 14.7 Å². The van der Waals surface area contributed by atoms with Crippen molar-refractivity contribution in [3.05, 3.63) is 60.1 Å². The molecule has 1 aromatic carbocycles. The number of carboxylic acids is 1. The number of nitrogens with two attached hydrogens (primary N) is 1. The molecule has 13 heteroatoms. The summed E-state index contributed by atoms with van der Waals surface area (Å²) in [4.78, 5) is 28.1. The number of carboxylic acid groups (broad SMARTS) is 1. The van der Waals surface area contributed by atoms with Gasteiger partial charge in [0.1, 0.15) is 6.54 Å². The van der Waals surface area contributed by atoms with Crippen LogP contribution in [-0.2, 0) is 22.6 Å². The van der Waals surface area contributed by atoms with Gasteiger partial charge in [-0.1, -0.05) is 70.1 Å². The smallest absolute Gasteiger partial charge is 0.305 e. The molecule has 41 heavy (non-hydrogen) atoms. The number of aliphatic carboxylic acids is 1. The standard InChI is InChI=1S/C28H42N8O3S2/c1-21(8-5-6-12-24-13-17-40-41-24)30-15-16-32-28(29)31-14-7-11-23-19-36(35-34-23)20-26(37)33-25(18-27(38)39)22-9-3-2-4-10-22/h2-4,9-10,19,24-25,30H,1,5-8,11-18,20H2,(H,33,37)(H,38,39)(H3,29,31,32)/t24?,25-/m0/s1. The van der Waals surface area contributed by atoms with Crippen molar-refractivity contribution in [2.75, 3.05) is 25.4 Å². The van der Waals surface area contributed by atoms with E-state index in [2.05, 4.69) is 37.8 Å². The molecule has 0 bridgehead atoms. The van der Waals surface area contributed by atoms with E-state index >= 15 is 0 Å². The second kappa shape index (κ2) is 18.3. The number of amides is 1. The number of unbranched alkanes of at least 4 members (excludes halogenated alkanes) is 1. The zero-order valence-corrected chi connectivity index (χ0v) is 25.1. The van der Waals surface area contributed by atoms with E-state index in [1.54, 1.807) is 18.3 Å². The molecule has 224 valence electrons. The number of allylic oxidation sites excluding steroid dienone is 1. The number of aromatic nitrogens is 3. The van der Waals surface area contributed by atoms with Gasteiger partial charge in [0.15, 0.2) is 5.96 Å². The average molecular weight is 603 g/mol. The van der Waals surface area contributed by atoms with Gasteiger partial charge in [0.2, 0.25) is 5.91 Å². The van der Waals surface area contributed by atoms with E-state index < -0.39 is 12.0 Å². The molecule has 2 atom stereocenters. The minimum atomic E-state index is -0.989. The number of carbonyl (C=O) groups excluding carboxylic acids is 1. The third-order valence-electron chi connectivity index (χ3n) is 6.47. The Morgan fingerprint density at radius 3 is 2.76 bits per heavy atom. The van der Waals surface area contributed by atoms with Gasteiger partial charge < -0.3 is 26.8 Å². The van der Waals surface area contributed by atoms with Gasteiger partial charge in [-0.2, -0.15) is 0 Å². The highest BCUT2D eigenvalue weighted by molar-refractivity contribution is 8.77. The molecule has 1 aromatic heterocycles. The van der Waals surface area contributed by atoms with Crippen LogP contribution in [0.25, 0.3) is 0 Å². The maximum Gasteiger partial charge on any atom is 0.305 e. The van der Waals surface area contributed by atoms with Crippen LogP contribution < -0.4 is 21.7 Å². The molecule has 2 aromatic rings. The Morgan fingerprint density at radius 2 is 2.00 bits per heavy atom. The van der Waals surface area contributed by atoms with Crippen molar-refractivity contribution in [3.8, 4) is 0 Å². The molecule has 1 unspecified atom stereocenters. The van der Waals surface area contributed by atoms with Gasteiger partial charge in [-0.25, -0.2) is 4.68 Å². The van der Waals surface area contributed by atoms with Gasteiger partial charge in [0.25, 0.3) is 0 Å². The van der Waals surface area contributed by atoms with E-state index in [0.29, 0.717) is 25.5 Å². The summed E-state index contributed by atoms with van der Waals surface area (Å²) >= 11 is 0. The van der Waals surface area contributed by atoms with E-state index in [-0.39, 0.29) is 18.9 Å². The number of aliphatic imine (C=N–C) groups is 1. The van der Waals surface area contributed by atoms with E-state index in [0.717, 1.165) is 41.6 Å². The first-order valence-electron chi connectivity index (χ1n) is 14.1. The largest absolute Gasteiger partial charge is 0.481 e. The molecule has 0 aliphatic carbocycles. The van der Waals surface area contributed by atoms with Crippen molar-refractivity contribution in [2.24, 2.45) is 10.7 Å². The molecule has 2 heterocycles. The number of nitrogens with one attached hydrogen (secondary N) is 3. The molecule has 1 amide bonds. The fourth-order valence-corrected chi connectivity index (χ4v) is 7.37. The zero-order chi connectivity index (χ0) is 29.3. The Kier molecular flexibility index (Phi) is 14.4. The van der Waals surface area contributed by atoms with Gasteiger partial charge in [-0.15, -0.1) is 5.10 Å². The first kappa shape index (κ1) is 32.3. The van der Waals surface area contributed by atoms with Crippen LogP contribution in [-0.4, -0.2) is 68.6 Å². The van der Waals surface area contributed by atoms with Crippen LogP contribution >= 0.6 is 21.6 Å². The van der Waals surface area contributed by atoms with Crippen LogP contribution in [0, 0.1) is 0 Å². The first-order chi connectivity index (χ1) is 19.9. The molecule has 0 saturated carbocycles. The van der Waals surface area contributed by atoms with Crippen molar-refractivity contribution in [3.63, 3.8) is 0 Å². The van der Waals surface area contributed by atoms with Crippen LogP contribution in [0.4, 0.5) is 0 Å². The highest BCUT2D eigenvalue weighted by Crippen LogP contribution is 2.39. The molecule has 1 aliphatic heterocycles. The van der Waals surface area contributed by atoms with Crippen molar-refractivity contribution in [2.45, 2.75) is 69.2 Å². The van der Waals surface area contributed by atoms with Crippen LogP contribution in [0.1, 0.15) is 62.2 Å². The van der Waals surface area contributed by atoms with Crippen molar-refractivity contribution >= 4 is 39.4 Å². The summed E-state index contributed by atoms with van der Waals surface area (Å²) in [6, 6.07) is 8.41. The predicted molar refractivity (Wildman–Crippen MR) is 166 cm³/mol. The fourth-order valence-electron chi connectivity index (χ4n) is 4.34. The number of hydrogen-bond donors (Lipinski definition) is 5. The molecule has 3 rings (SSSR count). The fraction of sp³-hybridized carbons (Fsp3) is 0.536. The number of benzene rings is 1.